The molecule has 1 aliphatic rings. The van der Waals surface area contributed by atoms with Gasteiger partial charge in [0, 0.05) is 35.7 Å². The van der Waals surface area contributed by atoms with Gasteiger partial charge >= 0.3 is 5.69 Å². The number of nitrogens with one attached hydrogen (secondary N) is 2. The molecule has 2 heterocycles. The summed E-state index contributed by atoms with van der Waals surface area (Å²) in [4.78, 5) is 11.1. The van der Waals surface area contributed by atoms with Gasteiger partial charge in [-0.2, -0.15) is 0 Å². The van der Waals surface area contributed by atoms with E-state index >= 15 is 0 Å². The van der Waals surface area contributed by atoms with E-state index in [2.05, 4.69) is 15.8 Å². The zero-order valence-electron chi connectivity index (χ0n) is 15.1. The normalized spacial score (nSPS) is 14.3. The summed E-state index contributed by atoms with van der Waals surface area (Å²) >= 11 is 0. The van der Waals surface area contributed by atoms with Crippen molar-refractivity contribution >= 4 is 5.69 Å². The molecule has 0 saturated heterocycles. The zero-order valence-corrected chi connectivity index (χ0v) is 15.1. The minimum atomic E-state index is -0.511. The smallest absolute Gasteiger partial charge is 0.311 e. The fourth-order valence-electron chi connectivity index (χ4n) is 2.89. The Hall–Kier alpha value is -3.81. The molecule has 1 aromatic heterocycles. The molecular formula is C20H18N4O4. The molecule has 28 heavy (non-hydrogen) atoms. The van der Waals surface area contributed by atoms with Gasteiger partial charge in [-0.15, -0.1) is 0 Å². The first-order valence-corrected chi connectivity index (χ1v) is 8.68. The quantitative estimate of drug-likeness (QED) is 0.498. The molecule has 0 saturated carbocycles. The molecule has 4 rings (SSSR count). The second kappa shape index (κ2) is 7.07. The Labute approximate surface area is 161 Å². The monoisotopic (exact) mass is 378 g/mol. The topological polar surface area (TPSA) is 102 Å². The van der Waals surface area contributed by atoms with E-state index in [-0.39, 0.29) is 18.0 Å². The number of ether oxygens (including phenoxy) is 1. The zero-order chi connectivity index (χ0) is 19.6. The van der Waals surface area contributed by atoms with Gasteiger partial charge in [0.2, 0.25) is 0 Å². The molecule has 0 unspecified atom stereocenters. The summed E-state index contributed by atoms with van der Waals surface area (Å²) in [5, 5.41) is 21.8. The minimum absolute atomic E-state index is 0.128. The summed E-state index contributed by atoms with van der Waals surface area (Å²) in [5.74, 6) is 0.787. The van der Waals surface area contributed by atoms with Gasteiger partial charge in [0.15, 0.2) is 11.5 Å². The lowest BCUT2D eigenvalue weighted by molar-refractivity contribution is -0.385. The van der Waals surface area contributed by atoms with Crippen molar-refractivity contribution < 1.29 is 14.2 Å². The molecule has 0 spiro atoms. The summed E-state index contributed by atoms with van der Waals surface area (Å²) in [6.07, 6.45) is 3.52. The van der Waals surface area contributed by atoms with E-state index in [0.717, 1.165) is 5.56 Å². The van der Waals surface area contributed by atoms with Crippen LogP contribution in [0.1, 0.15) is 6.92 Å². The van der Waals surface area contributed by atoms with Crippen molar-refractivity contribution in [3.05, 3.63) is 77.1 Å². The van der Waals surface area contributed by atoms with Crippen LogP contribution in [0.3, 0.4) is 0 Å². The van der Waals surface area contributed by atoms with Gasteiger partial charge in [0.25, 0.3) is 0 Å². The predicted molar refractivity (Wildman–Crippen MR) is 103 cm³/mol. The first-order chi connectivity index (χ1) is 13.5. The van der Waals surface area contributed by atoms with Crippen molar-refractivity contribution in [2.75, 3.05) is 6.61 Å². The fourth-order valence-corrected chi connectivity index (χ4v) is 2.89. The van der Waals surface area contributed by atoms with Crippen LogP contribution in [0, 0.1) is 10.1 Å². The summed E-state index contributed by atoms with van der Waals surface area (Å²) in [7, 11) is 0. The van der Waals surface area contributed by atoms with Crippen molar-refractivity contribution in [3.8, 4) is 28.3 Å². The summed E-state index contributed by atoms with van der Waals surface area (Å²) < 4.78 is 11.1. The van der Waals surface area contributed by atoms with Crippen LogP contribution in [0.5, 0.6) is 5.75 Å². The highest BCUT2D eigenvalue weighted by Gasteiger charge is 2.27. The Morgan fingerprint density at radius 1 is 1.11 bits per heavy atom. The van der Waals surface area contributed by atoms with Gasteiger partial charge in [-0.25, -0.2) is 0 Å². The highest BCUT2D eigenvalue weighted by molar-refractivity contribution is 5.70. The minimum Gasteiger partial charge on any atom is -0.482 e. The summed E-state index contributed by atoms with van der Waals surface area (Å²) in [6, 6.07) is 16.0. The standard InChI is InChI=1S/C20H18N4O4/c1-20(21-9-10-22-20)13-27-18-8-7-15(11-17(18)24(25)26)16-12-19(28-23-16)14-5-3-2-4-6-14/h2-12,21-22H,13H2,1H3. The Balaban J connectivity index is 1.58. The molecular weight excluding hydrogens is 360 g/mol. The lowest BCUT2D eigenvalue weighted by atomic mass is 10.1. The van der Waals surface area contributed by atoms with E-state index in [0.29, 0.717) is 17.0 Å². The maximum absolute atomic E-state index is 11.5. The molecule has 0 radical (unpaired) electrons. The second-order valence-corrected chi connectivity index (χ2v) is 6.62. The highest BCUT2D eigenvalue weighted by atomic mass is 16.6. The van der Waals surface area contributed by atoms with Gasteiger partial charge < -0.3 is 19.9 Å². The maximum Gasteiger partial charge on any atom is 0.311 e. The van der Waals surface area contributed by atoms with Crippen molar-refractivity contribution in [3.63, 3.8) is 0 Å². The average Bonchev–Trinajstić information content (AvgIpc) is 3.37. The third-order valence-electron chi connectivity index (χ3n) is 4.42. The SMILES string of the molecule is CC1(COc2ccc(-c3cc(-c4ccccc4)on3)cc2[N+](=O)[O-])NC=CN1. The Bertz CT molecular complexity index is 1020. The number of rotatable bonds is 6. The van der Waals surface area contributed by atoms with E-state index in [4.69, 9.17) is 9.26 Å². The molecule has 0 aliphatic carbocycles. The summed E-state index contributed by atoms with van der Waals surface area (Å²) in [6.45, 7) is 2.11. The molecule has 1 aliphatic heterocycles. The Morgan fingerprint density at radius 3 is 2.57 bits per heavy atom. The first-order valence-electron chi connectivity index (χ1n) is 8.68. The Kier molecular flexibility index (Phi) is 4.44. The summed E-state index contributed by atoms with van der Waals surface area (Å²) in [5.41, 5.74) is 1.34. The van der Waals surface area contributed by atoms with Crippen LogP contribution < -0.4 is 15.4 Å². The van der Waals surface area contributed by atoms with E-state index in [1.54, 1.807) is 30.6 Å². The van der Waals surface area contributed by atoms with Gasteiger partial charge in [-0.3, -0.25) is 10.1 Å². The first kappa shape index (κ1) is 17.6. The maximum atomic E-state index is 11.5. The number of benzene rings is 2. The largest absolute Gasteiger partial charge is 0.482 e. The van der Waals surface area contributed by atoms with Gasteiger partial charge in [-0.1, -0.05) is 35.5 Å². The van der Waals surface area contributed by atoms with Crippen LogP contribution in [0.15, 0.2) is 71.5 Å². The van der Waals surface area contributed by atoms with Crippen LogP contribution in [0.4, 0.5) is 5.69 Å². The van der Waals surface area contributed by atoms with E-state index in [1.807, 2.05) is 37.3 Å². The predicted octanol–water partition coefficient (Wildman–Crippen LogP) is 3.68. The van der Waals surface area contributed by atoms with Crippen molar-refractivity contribution in [1.29, 1.82) is 0 Å². The number of hydrogen-bond acceptors (Lipinski definition) is 7. The molecule has 142 valence electrons. The van der Waals surface area contributed by atoms with Gasteiger partial charge in [0.1, 0.15) is 18.0 Å². The molecule has 3 aromatic rings. The average molecular weight is 378 g/mol. The lowest BCUT2D eigenvalue weighted by Gasteiger charge is -2.25. The van der Waals surface area contributed by atoms with Crippen molar-refractivity contribution in [1.82, 2.24) is 15.8 Å². The molecule has 2 N–H and O–H groups in total. The molecule has 0 fully saturated rings. The van der Waals surface area contributed by atoms with Crippen LogP contribution in [-0.4, -0.2) is 22.3 Å². The number of aromatic nitrogens is 1. The highest BCUT2D eigenvalue weighted by Crippen LogP contribution is 2.34. The molecule has 0 atom stereocenters. The lowest BCUT2D eigenvalue weighted by Crippen LogP contribution is -2.50. The van der Waals surface area contributed by atoms with E-state index in [1.165, 1.54) is 6.07 Å². The van der Waals surface area contributed by atoms with Crippen LogP contribution in [-0.2, 0) is 0 Å². The number of nitrogens with zero attached hydrogens (tertiary/aromatic N) is 2. The molecule has 8 nitrogen and oxygen atoms in total. The van der Waals surface area contributed by atoms with E-state index < -0.39 is 10.6 Å². The van der Waals surface area contributed by atoms with Crippen LogP contribution in [0.2, 0.25) is 0 Å². The third-order valence-corrected chi connectivity index (χ3v) is 4.42. The third kappa shape index (κ3) is 3.52. The van der Waals surface area contributed by atoms with Crippen molar-refractivity contribution in [2.24, 2.45) is 0 Å². The number of hydrogen-bond donors (Lipinski definition) is 2. The number of nitro groups is 1. The Morgan fingerprint density at radius 2 is 1.86 bits per heavy atom. The van der Waals surface area contributed by atoms with E-state index in [9.17, 15) is 10.1 Å². The van der Waals surface area contributed by atoms with Gasteiger partial charge in [0.05, 0.1) is 4.92 Å². The fraction of sp³-hybridized carbons (Fsp3) is 0.150. The molecule has 0 bridgehead atoms. The molecule has 2 aromatic carbocycles. The molecule has 0 amide bonds. The van der Waals surface area contributed by atoms with Crippen LogP contribution >= 0.6 is 0 Å². The van der Waals surface area contributed by atoms with Crippen LogP contribution in [0.25, 0.3) is 22.6 Å². The molecule has 8 heteroatoms. The number of nitro benzene ring substituents is 1. The van der Waals surface area contributed by atoms with Crippen molar-refractivity contribution in [2.45, 2.75) is 12.6 Å². The van der Waals surface area contributed by atoms with Gasteiger partial charge in [-0.05, 0) is 19.1 Å². The second-order valence-electron chi connectivity index (χ2n) is 6.62.